The van der Waals surface area contributed by atoms with Crippen molar-refractivity contribution in [3.05, 3.63) is 47.7 Å². The number of methoxy groups -OCH3 is 1. The third-order valence-corrected chi connectivity index (χ3v) is 4.98. The lowest BCUT2D eigenvalue weighted by Crippen LogP contribution is -2.33. The molecule has 1 aliphatic heterocycles. The van der Waals surface area contributed by atoms with E-state index in [9.17, 15) is 4.39 Å². The van der Waals surface area contributed by atoms with Crippen LogP contribution in [-0.4, -0.2) is 38.9 Å². The minimum absolute atomic E-state index is 0.0722. The summed E-state index contributed by atoms with van der Waals surface area (Å²) < 4.78 is 30.4. The summed E-state index contributed by atoms with van der Waals surface area (Å²) in [6, 6.07) is 6.30. The monoisotopic (exact) mass is 387 g/mol. The van der Waals surface area contributed by atoms with Gasteiger partial charge in [0.25, 0.3) is 5.89 Å². The number of benzene rings is 1. The first-order valence-electron chi connectivity index (χ1n) is 9.33. The predicted molar refractivity (Wildman–Crippen MR) is 96.4 cm³/mol. The highest BCUT2D eigenvalue weighted by Gasteiger charge is 2.30. The summed E-state index contributed by atoms with van der Waals surface area (Å²) in [7, 11) is 1.60. The van der Waals surface area contributed by atoms with Gasteiger partial charge in [-0.15, -0.1) is 10.2 Å². The van der Waals surface area contributed by atoms with Crippen molar-refractivity contribution in [2.45, 2.75) is 44.9 Å². The molecule has 3 heterocycles. The molecule has 0 aliphatic carbocycles. The largest absolute Gasteiger partial charge is 0.419 e. The molecule has 0 bridgehead atoms. The van der Waals surface area contributed by atoms with Crippen LogP contribution in [0.1, 0.15) is 55.9 Å². The van der Waals surface area contributed by atoms with E-state index in [0.717, 1.165) is 25.8 Å². The molecule has 0 N–H and O–H groups in total. The lowest BCUT2D eigenvalue weighted by atomic mass is 10.0. The van der Waals surface area contributed by atoms with E-state index in [2.05, 4.69) is 25.2 Å². The second-order valence-electron chi connectivity index (χ2n) is 6.83. The molecule has 1 saturated heterocycles. The van der Waals surface area contributed by atoms with Crippen LogP contribution >= 0.6 is 0 Å². The Balaban J connectivity index is 1.53. The van der Waals surface area contributed by atoms with Crippen LogP contribution in [0.4, 0.5) is 4.39 Å². The van der Waals surface area contributed by atoms with E-state index in [0.29, 0.717) is 29.7 Å². The van der Waals surface area contributed by atoms with Crippen molar-refractivity contribution in [3.63, 3.8) is 0 Å². The molecule has 0 unspecified atom stereocenters. The molecule has 0 spiro atoms. The highest BCUT2D eigenvalue weighted by atomic mass is 19.1. The Hall–Kier alpha value is -2.65. The fourth-order valence-electron chi connectivity index (χ4n) is 3.35. The SMILES string of the molecule is CO[C@H](C)c1noc(CN2CCCC[C@@H]2c2nnc(-c3ccccc3F)o2)n1. The van der Waals surface area contributed by atoms with Crippen LogP contribution in [0.2, 0.25) is 0 Å². The number of hydrogen-bond donors (Lipinski definition) is 0. The van der Waals surface area contributed by atoms with Gasteiger partial charge in [-0.25, -0.2) is 4.39 Å². The molecule has 2 aromatic heterocycles. The zero-order valence-electron chi connectivity index (χ0n) is 15.8. The van der Waals surface area contributed by atoms with Gasteiger partial charge >= 0.3 is 0 Å². The summed E-state index contributed by atoms with van der Waals surface area (Å²) in [6.45, 7) is 3.19. The quantitative estimate of drug-likeness (QED) is 0.632. The van der Waals surface area contributed by atoms with Gasteiger partial charge in [-0.05, 0) is 38.4 Å². The number of nitrogens with zero attached hydrogens (tertiary/aromatic N) is 5. The second-order valence-corrected chi connectivity index (χ2v) is 6.83. The Morgan fingerprint density at radius 1 is 1.29 bits per heavy atom. The smallest absolute Gasteiger partial charge is 0.250 e. The first-order valence-corrected chi connectivity index (χ1v) is 9.33. The van der Waals surface area contributed by atoms with Crippen LogP contribution in [0.25, 0.3) is 11.5 Å². The van der Waals surface area contributed by atoms with Gasteiger partial charge < -0.3 is 13.7 Å². The molecular formula is C19H22FN5O3. The number of hydrogen-bond acceptors (Lipinski definition) is 8. The fraction of sp³-hybridized carbons (Fsp3) is 0.474. The second kappa shape index (κ2) is 8.15. The molecule has 1 aromatic carbocycles. The van der Waals surface area contributed by atoms with Gasteiger partial charge in [-0.2, -0.15) is 4.98 Å². The van der Waals surface area contributed by atoms with E-state index in [1.54, 1.807) is 25.3 Å². The maximum absolute atomic E-state index is 14.0. The maximum Gasteiger partial charge on any atom is 0.250 e. The third-order valence-electron chi connectivity index (χ3n) is 4.98. The highest BCUT2D eigenvalue weighted by molar-refractivity contribution is 5.53. The highest BCUT2D eigenvalue weighted by Crippen LogP contribution is 2.33. The van der Waals surface area contributed by atoms with E-state index in [1.807, 2.05) is 6.92 Å². The van der Waals surface area contributed by atoms with Crippen molar-refractivity contribution in [3.8, 4) is 11.5 Å². The van der Waals surface area contributed by atoms with Crippen molar-refractivity contribution in [1.82, 2.24) is 25.2 Å². The standard InChI is InChI=1S/C19H22FN5O3/c1-12(26-2)17-21-16(28-24-17)11-25-10-6-5-9-15(25)19-23-22-18(27-19)13-7-3-4-8-14(13)20/h3-4,7-8,12,15H,5-6,9-11H2,1-2H3/t12-,15-/m1/s1. The topological polar surface area (TPSA) is 90.3 Å². The van der Waals surface area contributed by atoms with Gasteiger partial charge in [-0.3, -0.25) is 4.90 Å². The van der Waals surface area contributed by atoms with Crippen LogP contribution < -0.4 is 0 Å². The first kappa shape index (κ1) is 18.7. The molecule has 0 saturated carbocycles. The van der Waals surface area contributed by atoms with E-state index in [-0.39, 0.29) is 23.9 Å². The fourth-order valence-corrected chi connectivity index (χ4v) is 3.35. The molecule has 0 radical (unpaired) electrons. The Morgan fingerprint density at radius 2 is 2.14 bits per heavy atom. The molecule has 0 amide bonds. The van der Waals surface area contributed by atoms with Gasteiger partial charge in [0, 0.05) is 7.11 Å². The number of likely N-dealkylation sites (tertiary alicyclic amines) is 1. The summed E-state index contributed by atoms with van der Waals surface area (Å²) in [5.74, 6) is 1.31. The Bertz CT molecular complexity index is 928. The molecule has 28 heavy (non-hydrogen) atoms. The van der Waals surface area contributed by atoms with Gasteiger partial charge in [0.05, 0.1) is 18.2 Å². The average Bonchev–Trinajstić information content (AvgIpc) is 3.38. The number of halogens is 1. The molecule has 9 heteroatoms. The number of aromatic nitrogens is 4. The molecule has 148 valence electrons. The summed E-state index contributed by atoms with van der Waals surface area (Å²) in [5, 5.41) is 12.2. The van der Waals surface area contributed by atoms with Crippen LogP contribution in [0.3, 0.4) is 0 Å². The van der Waals surface area contributed by atoms with E-state index in [4.69, 9.17) is 13.7 Å². The Labute approximate surface area is 161 Å². The molecule has 3 aromatic rings. The maximum atomic E-state index is 14.0. The summed E-state index contributed by atoms with van der Waals surface area (Å²) in [6.07, 6.45) is 2.75. The first-order chi connectivity index (χ1) is 13.7. The van der Waals surface area contributed by atoms with Gasteiger partial charge in [-0.1, -0.05) is 23.7 Å². The molecule has 8 nitrogen and oxygen atoms in total. The zero-order chi connectivity index (χ0) is 19.5. The lowest BCUT2D eigenvalue weighted by molar-refractivity contribution is 0.104. The molecule has 1 aliphatic rings. The van der Waals surface area contributed by atoms with E-state index >= 15 is 0 Å². The van der Waals surface area contributed by atoms with Crippen LogP contribution in [0, 0.1) is 5.82 Å². The molecule has 2 atom stereocenters. The number of rotatable bonds is 6. The van der Waals surface area contributed by atoms with E-state index in [1.165, 1.54) is 6.07 Å². The average molecular weight is 387 g/mol. The van der Waals surface area contributed by atoms with Crippen LogP contribution in [-0.2, 0) is 11.3 Å². The number of piperidine rings is 1. The van der Waals surface area contributed by atoms with Crippen molar-refractivity contribution >= 4 is 0 Å². The van der Waals surface area contributed by atoms with Crippen LogP contribution in [0.5, 0.6) is 0 Å². The summed E-state index contributed by atoms with van der Waals surface area (Å²) in [4.78, 5) is 6.58. The molecular weight excluding hydrogens is 365 g/mol. The Morgan fingerprint density at radius 3 is 2.96 bits per heavy atom. The van der Waals surface area contributed by atoms with Gasteiger partial charge in [0.2, 0.25) is 11.8 Å². The minimum atomic E-state index is -0.385. The normalized spacial score (nSPS) is 19.0. The van der Waals surface area contributed by atoms with Crippen molar-refractivity contribution in [1.29, 1.82) is 0 Å². The summed E-state index contributed by atoms with van der Waals surface area (Å²) in [5.41, 5.74) is 0.304. The van der Waals surface area contributed by atoms with Crippen molar-refractivity contribution < 1.29 is 18.1 Å². The lowest BCUT2D eigenvalue weighted by Gasteiger charge is -2.32. The van der Waals surface area contributed by atoms with Crippen LogP contribution in [0.15, 0.2) is 33.2 Å². The van der Waals surface area contributed by atoms with Crippen molar-refractivity contribution in [2.24, 2.45) is 0 Å². The molecule has 4 rings (SSSR count). The zero-order valence-corrected chi connectivity index (χ0v) is 15.8. The molecule has 1 fully saturated rings. The minimum Gasteiger partial charge on any atom is -0.419 e. The van der Waals surface area contributed by atoms with Gasteiger partial charge in [0.1, 0.15) is 11.9 Å². The Kier molecular flexibility index (Phi) is 5.45. The number of ether oxygens (including phenoxy) is 1. The summed E-state index contributed by atoms with van der Waals surface area (Å²) >= 11 is 0. The van der Waals surface area contributed by atoms with E-state index < -0.39 is 0 Å². The van der Waals surface area contributed by atoms with Gasteiger partial charge in [0.15, 0.2) is 5.82 Å². The van der Waals surface area contributed by atoms with Crippen molar-refractivity contribution in [2.75, 3.05) is 13.7 Å². The third kappa shape index (κ3) is 3.81. The predicted octanol–water partition coefficient (Wildman–Crippen LogP) is 3.69.